The lowest BCUT2D eigenvalue weighted by Crippen LogP contribution is -1.97. The van der Waals surface area contributed by atoms with E-state index < -0.39 is 0 Å². The van der Waals surface area contributed by atoms with Crippen molar-refractivity contribution < 1.29 is 0 Å². The summed E-state index contributed by atoms with van der Waals surface area (Å²) in [6.07, 6.45) is 3.92. The highest BCUT2D eigenvalue weighted by Crippen LogP contribution is 2.39. The molecular formula is C55H35N3. The second kappa shape index (κ2) is 14.1. The molecule has 58 heavy (non-hydrogen) atoms. The standard InChI is InChI=1S/C55H35N3/c1-2-13-40-31-42(28-23-36(40)11-1)41-16-9-17-43(32-41)55-57-53(33-54(58-55)51-22-10-15-37-12-3-5-18-45(37)51)39-26-24-38(25-27-39)47-29-30-50(49-21-8-7-20-48(47)49)52-35-56-34-44-14-4-6-19-46(44)52/h1-35H. The van der Waals surface area contributed by atoms with Crippen LogP contribution in [-0.2, 0) is 0 Å². The molecule has 2 aromatic heterocycles. The monoisotopic (exact) mass is 737 g/mol. The maximum absolute atomic E-state index is 5.27. The van der Waals surface area contributed by atoms with E-state index in [2.05, 4.69) is 205 Å². The topological polar surface area (TPSA) is 38.7 Å². The van der Waals surface area contributed by atoms with E-state index in [0.29, 0.717) is 5.82 Å². The van der Waals surface area contributed by atoms with Gasteiger partial charge in [-0.25, -0.2) is 9.97 Å². The summed E-state index contributed by atoms with van der Waals surface area (Å²) < 4.78 is 0. The van der Waals surface area contributed by atoms with Gasteiger partial charge in [0.2, 0.25) is 0 Å². The molecule has 0 fully saturated rings. The molecule has 11 aromatic rings. The van der Waals surface area contributed by atoms with Crippen LogP contribution in [-0.4, -0.2) is 15.0 Å². The zero-order chi connectivity index (χ0) is 38.4. The fourth-order valence-corrected chi connectivity index (χ4v) is 8.46. The van der Waals surface area contributed by atoms with Gasteiger partial charge >= 0.3 is 0 Å². The van der Waals surface area contributed by atoms with E-state index in [0.717, 1.165) is 61.1 Å². The number of hydrogen-bond acceptors (Lipinski definition) is 3. The number of aromatic nitrogens is 3. The summed E-state index contributed by atoms with van der Waals surface area (Å²) in [7, 11) is 0. The van der Waals surface area contributed by atoms with Crippen molar-refractivity contribution in [2.45, 2.75) is 0 Å². The number of hydrogen-bond donors (Lipinski definition) is 0. The van der Waals surface area contributed by atoms with Gasteiger partial charge in [0.05, 0.1) is 11.4 Å². The number of benzene rings is 9. The quantitative estimate of drug-likeness (QED) is 0.171. The highest BCUT2D eigenvalue weighted by Gasteiger charge is 2.16. The number of rotatable bonds is 6. The predicted octanol–water partition coefficient (Wildman–Crippen LogP) is 14.5. The van der Waals surface area contributed by atoms with Crippen molar-refractivity contribution in [1.29, 1.82) is 0 Å². The normalized spacial score (nSPS) is 11.4. The third-order valence-electron chi connectivity index (χ3n) is 11.4. The minimum Gasteiger partial charge on any atom is -0.263 e. The van der Waals surface area contributed by atoms with Crippen molar-refractivity contribution in [2.75, 3.05) is 0 Å². The molecule has 0 unspecified atom stereocenters. The predicted molar refractivity (Wildman–Crippen MR) is 242 cm³/mol. The lowest BCUT2D eigenvalue weighted by Gasteiger charge is -2.14. The zero-order valence-electron chi connectivity index (χ0n) is 31.5. The molecule has 11 rings (SSSR count). The Bertz CT molecular complexity index is 3340. The summed E-state index contributed by atoms with van der Waals surface area (Å²) in [5.41, 5.74) is 11.8. The van der Waals surface area contributed by atoms with Gasteiger partial charge in [-0.2, -0.15) is 0 Å². The van der Waals surface area contributed by atoms with Crippen LogP contribution in [0, 0.1) is 0 Å². The Morgan fingerprint density at radius 2 is 0.828 bits per heavy atom. The van der Waals surface area contributed by atoms with Crippen molar-refractivity contribution in [3.63, 3.8) is 0 Å². The Kier molecular flexibility index (Phi) is 8.15. The third kappa shape index (κ3) is 5.98. The Labute approximate surface area is 336 Å². The lowest BCUT2D eigenvalue weighted by atomic mass is 9.90. The lowest BCUT2D eigenvalue weighted by molar-refractivity contribution is 1.18. The summed E-state index contributed by atoms with van der Waals surface area (Å²) in [4.78, 5) is 15.1. The van der Waals surface area contributed by atoms with Crippen LogP contribution in [0.25, 0.3) is 110 Å². The van der Waals surface area contributed by atoms with E-state index in [1.54, 1.807) is 0 Å². The summed E-state index contributed by atoms with van der Waals surface area (Å²) >= 11 is 0. The van der Waals surface area contributed by atoms with Crippen molar-refractivity contribution in [3.05, 3.63) is 213 Å². The van der Waals surface area contributed by atoms with E-state index in [9.17, 15) is 0 Å². The van der Waals surface area contributed by atoms with Gasteiger partial charge in [0.1, 0.15) is 0 Å². The van der Waals surface area contributed by atoms with Gasteiger partial charge in [-0.1, -0.05) is 182 Å². The van der Waals surface area contributed by atoms with Crippen LogP contribution in [0.15, 0.2) is 213 Å². The molecule has 270 valence electrons. The molecular weight excluding hydrogens is 703 g/mol. The fraction of sp³-hybridized carbons (Fsp3) is 0. The Hall–Kier alpha value is -7.75. The van der Waals surface area contributed by atoms with Gasteiger partial charge in [0.15, 0.2) is 5.82 Å². The van der Waals surface area contributed by atoms with E-state index in [4.69, 9.17) is 9.97 Å². The third-order valence-corrected chi connectivity index (χ3v) is 11.4. The fourth-order valence-electron chi connectivity index (χ4n) is 8.46. The highest BCUT2D eigenvalue weighted by atomic mass is 14.9. The van der Waals surface area contributed by atoms with Crippen LogP contribution in [0.1, 0.15) is 0 Å². The average Bonchev–Trinajstić information content (AvgIpc) is 3.30. The second-order valence-electron chi connectivity index (χ2n) is 14.8. The molecule has 0 aliphatic rings. The van der Waals surface area contributed by atoms with Crippen LogP contribution in [0.2, 0.25) is 0 Å². The SMILES string of the molecule is c1cc(-c2ccc3ccccc3c2)cc(-c2nc(-c3ccc(-c4ccc(-c5cncc6ccccc56)c5ccccc45)cc3)cc(-c3cccc4ccccc34)n2)c1. The first-order valence-corrected chi connectivity index (χ1v) is 19.7. The molecule has 3 nitrogen and oxygen atoms in total. The van der Waals surface area contributed by atoms with Crippen LogP contribution < -0.4 is 0 Å². The first kappa shape index (κ1) is 33.6. The largest absolute Gasteiger partial charge is 0.263 e. The molecule has 0 aliphatic heterocycles. The van der Waals surface area contributed by atoms with Crippen LogP contribution >= 0.6 is 0 Å². The molecule has 0 atom stereocenters. The van der Waals surface area contributed by atoms with Crippen LogP contribution in [0.5, 0.6) is 0 Å². The van der Waals surface area contributed by atoms with Gasteiger partial charge < -0.3 is 0 Å². The maximum atomic E-state index is 5.27. The Morgan fingerprint density at radius 1 is 0.259 bits per heavy atom. The molecule has 0 saturated carbocycles. The van der Waals surface area contributed by atoms with Crippen molar-refractivity contribution in [3.8, 4) is 67.3 Å². The Morgan fingerprint density at radius 3 is 1.66 bits per heavy atom. The first-order valence-electron chi connectivity index (χ1n) is 19.7. The van der Waals surface area contributed by atoms with Crippen LogP contribution in [0.4, 0.5) is 0 Å². The molecule has 0 bridgehead atoms. The first-order chi connectivity index (χ1) is 28.7. The van der Waals surface area contributed by atoms with E-state index >= 15 is 0 Å². The zero-order valence-corrected chi connectivity index (χ0v) is 31.5. The van der Waals surface area contributed by atoms with E-state index in [-0.39, 0.29) is 0 Å². The van der Waals surface area contributed by atoms with Gasteiger partial charge in [-0.05, 0) is 83.7 Å². The average molecular weight is 738 g/mol. The summed E-state index contributed by atoms with van der Waals surface area (Å²) in [6.45, 7) is 0. The Balaban J connectivity index is 1.02. The van der Waals surface area contributed by atoms with Crippen molar-refractivity contribution in [1.82, 2.24) is 15.0 Å². The molecule has 0 aliphatic carbocycles. The van der Waals surface area contributed by atoms with Crippen molar-refractivity contribution in [2.24, 2.45) is 0 Å². The molecule has 0 saturated heterocycles. The molecule has 9 aromatic carbocycles. The minimum absolute atomic E-state index is 0.691. The molecule has 2 heterocycles. The smallest absolute Gasteiger partial charge is 0.160 e. The summed E-state index contributed by atoms with van der Waals surface area (Å²) in [5.74, 6) is 0.691. The van der Waals surface area contributed by atoms with E-state index in [1.807, 2.05) is 12.4 Å². The van der Waals surface area contributed by atoms with Gasteiger partial charge in [0.25, 0.3) is 0 Å². The maximum Gasteiger partial charge on any atom is 0.160 e. The highest BCUT2D eigenvalue weighted by molar-refractivity contribution is 6.09. The minimum atomic E-state index is 0.691. The van der Waals surface area contributed by atoms with Gasteiger partial charge in [-0.3, -0.25) is 4.98 Å². The van der Waals surface area contributed by atoms with Crippen LogP contribution in [0.3, 0.4) is 0 Å². The number of pyridine rings is 1. The van der Waals surface area contributed by atoms with Crippen molar-refractivity contribution >= 4 is 43.1 Å². The molecule has 0 N–H and O–H groups in total. The van der Waals surface area contributed by atoms with Gasteiger partial charge in [0, 0.05) is 40.0 Å². The molecule has 3 heteroatoms. The number of nitrogens with zero attached hydrogens (tertiary/aromatic N) is 3. The summed E-state index contributed by atoms with van der Waals surface area (Å²) in [5, 5.41) is 9.53. The van der Waals surface area contributed by atoms with Gasteiger partial charge in [-0.15, -0.1) is 0 Å². The molecule has 0 radical (unpaired) electrons. The molecule has 0 spiro atoms. The molecule has 0 amide bonds. The second-order valence-corrected chi connectivity index (χ2v) is 14.8. The summed E-state index contributed by atoms with van der Waals surface area (Å²) in [6, 6.07) is 71.3. The number of fused-ring (bicyclic) bond motifs is 4. The van der Waals surface area contributed by atoms with E-state index in [1.165, 1.54) is 43.4 Å².